The Kier molecular flexibility index (Phi) is 7.05. The molecule has 0 saturated carbocycles. The maximum absolute atomic E-state index is 14.8. The summed E-state index contributed by atoms with van der Waals surface area (Å²) in [5, 5.41) is 6.78. The number of likely N-dealkylation sites (tertiary alicyclic amines) is 2. The van der Waals surface area contributed by atoms with E-state index in [9.17, 15) is 4.39 Å². The van der Waals surface area contributed by atoms with Gasteiger partial charge in [0, 0.05) is 46.1 Å². The Morgan fingerprint density at radius 2 is 1.84 bits per heavy atom. The molecule has 4 rings (SSSR count). The summed E-state index contributed by atoms with van der Waals surface area (Å²) in [7, 11) is 0. The molecule has 0 bridgehead atoms. The number of aromatic nitrogens is 2. The Bertz CT molecular complexity index is 1170. The van der Waals surface area contributed by atoms with Gasteiger partial charge < -0.3 is 20.3 Å². The molecule has 2 N–H and O–H groups in total. The van der Waals surface area contributed by atoms with E-state index < -0.39 is 23.9 Å². The Hall–Kier alpha value is -2.16. The zero-order chi connectivity index (χ0) is 29.5. The lowest BCUT2D eigenvalue weighted by molar-refractivity contribution is -0.00778. The average molecular weight is 536 g/mol. The predicted octanol–water partition coefficient (Wildman–Crippen LogP) is 6.33. The van der Waals surface area contributed by atoms with Crippen LogP contribution in [-0.4, -0.2) is 69.1 Å². The van der Waals surface area contributed by atoms with E-state index in [1.807, 2.05) is 39.8 Å². The van der Waals surface area contributed by atoms with Crippen LogP contribution < -0.4 is 15.4 Å². The molecule has 2 aliphatic rings. The Balaban J connectivity index is 1.42. The molecule has 2 aliphatic heterocycles. The van der Waals surface area contributed by atoms with Crippen molar-refractivity contribution in [2.75, 3.05) is 30.7 Å². The first-order valence-corrected chi connectivity index (χ1v) is 13.5. The molecule has 2 saturated heterocycles. The first-order valence-electron chi connectivity index (χ1n) is 14.6. The number of hydrogen-bond donors (Lipinski definition) is 2. The van der Waals surface area contributed by atoms with Crippen LogP contribution in [0, 0.1) is 5.82 Å². The van der Waals surface area contributed by atoms with Crippen LogP contribution in [0.1, 0.15) is 71.3 Å². The number of nitrogens with one attached hydrogen (secondary N) is 2. The number of nitrogens with zero attached hydrogens (tertiary/aromatic N) is 4. The van der Waals surface area contributed by atoms with Gasteiger partial charge in [0.1, 0.15) is 11.9 Å². The Labute approximate surface area is 230 Å². The Morgan fingerprint density at radius 3 is 2.43 bits per heavy atom. The zero-order valence-corrected chi connectivity index (χ0v) is 23.5. The van der Waals surface area contributed by atoms with Crippen molar-refractivity contribution in [3.63, 3.8) is 0 Å². The molecule has 204 valence electrons. The van der Waals surface area contributed by atoms with Gasteiger partial charge in [-0.25, -0.2) is 9.37 Å². The summed E-state index contributed by atoms with van der Waals surface area (Å²) in [6.07, 6.45) is 4.17. The highest BCUT2D eigenvalue weighted by Gasteiger charge is 2.43. The second kappa shape index (κ2) is 10.9. The van der Waals surface area contributed by atoms with E-state index in [4.69, 9.17) is 20.5 Å². The van der Waals surface area contributed by atoms with Crippen LogP contribution in [0.15, 0.2) is 24.4 Å². The average Bonchev–Trinajstić information content (AvgIpc) is 2.80. The van der Waals surface area contributed by atoms with Crippen molar-refractivity contribution < 1.29 is 13.2 Å². The molecule has 7 nitrogen and oxygen atoms in total. The molecule has 37 heavy (non-hydrogen) atoms. The van der Waals surface area contributed by atoms with Gasteiger partial charge in [0.25, 0.3) is 0 Å². The first kappa shape index (κ1) is 23.9. The fourth-order valence-corrected chi connectivity index (χ4v) is 5.82. The molecule has 0 atom stereocenters. The Morgan fingerprint density at radius 1 is 1.16 bits per heavy atom. The third-order valence-corrected chi connectivity index (χ3v) is 7.77. The summed E-state index contributed by atoms with van der Waals surface area (Å²) in [5.74, 6) is 0.333. The number of hydrogen-bond acceptors (Lipinski definition) is 7. The van der Waals surface area contributed by atoms with Gasteiger partial charge in [-0.15, -0.1) is 0 Å². The van der Waals surface area contributed by atoms with E-state index in [1.54, 1.807) is 11.0 Å². The minimum atomic E-state index is -2.23. The summed E-state index contributed by atoms with van der Waals surface area (Å²) in [5.41, 5.74) is -0.625. The van der Waals surface area contributed by atoms with Crippen LogP contribution in [-0.2, 0) is 0 Å². The van der Waals surface area contributed by atoms with Crippen molar-refractivity contribution in [3.8, 4) is 5.75 Å². The lowest BCUT2D eigenvalue weighted by atomic mass is 9.77. The second-order valence-electron chi connectivity index (χ2n) is 11.8. The van der Waals surface area contributed by atoms with E-state index >= 15 is 0 Å². The summed E-state index contributed by atoms with van der Waals surface area (Å²) >= 11 is 6.54. The summed E-state index contributed by atoms with van der Waals surface area (Å²) in [6.45, 7) is 11.8. The first-order chi connectivity index (χ1) is 18.5. The van der Waals surface area contributed by atoms with Crippen LogP contribution in [0.25, 0.3) is 0 Å². The minimum absolute atomic E-state index is 0.0650. The molecule has 1 aromatic heterocycles. The maximum Gasteiger partial charge on any atom is 0.229 e. The van der Waals surface area contributed by atoms with Gasteiger partial charge in [-0.3, -0.25) is 4.90 Å². The molecule has 0 aliphatic carbocycles. The normalized spacial score (nSPS) is 22.8. The highest BCUT2D eigenvalue weighted by Crippen LogP contribution is 2.38. The SMILES string of the molecule is [2H]C([2H])([2H])N1C(C)(C)CC(Nc2nc(Nc3ccc(OC4CCN(C(C)C)CC4)c(Cl)c3)ncc2F)CC1(C)C. The third kappa shape index (κ3) is 6.65. The predicted molar refractivity (Wildman–Crippen MR) is 150 cm³/mol. The lowest BCUT2D eigenvalue weighted by Gasteiger charge is -2.53. The van der Waals surface area contributed by atoms with Crippen LogP contribution >= 0.6 is 11.6 Å². The molecule has 0 spiro atoms. The molecule has 9 heteroatoms. The standard InChI is InChI=1S/C28H42ClFN6O/c1-18(2)36-12-10-21(11-13-36)37-24-9-8-19(14-22(24)29)33-26-31-17-23(30)25(34-26)32-20-15-27(3,4)35(7)28(5,6)16-20/h8-9,14,17-18,20-21H,10-13,15-16H2,1-7H3,(H2,31,32,33,34)/i7D3. The third-order valence-electron chi connectivity index (χ3n) is 7.48. The van der Waals surface area contributed by atoms with Crippen molar-refractivity contribution >= 4 is 29.1 Å². The number of rotatable bonds is 7. The van der Waals surface area contributed by atoms with Crippen LogP contribution in [0.5, 0.6) is 5.75 Å². The topological polar surface area (TPSA) is 65.6 Å². The largest absolute Gasteiger partial charge is 0.489 e. The van der Waals surface area contributed by atoms with Gasteiger partial charge in [0.2, 0.25) is 5.95 Å². The number of benzene rings is 1. The molecule has 3 heterocycles. The van der Waals surface area contributed by atoms with E-state index in [0.29, 0.717) is 35.3 Å². The second-order valence-corrected chi connectivity index (χ2v) is 12.2. The van der Waals surface area contributed by atoms with Crippen molar-refractivity contribution in [1.82, 2.24) is 19.8 Å². The molecule has 2 fully saturated rings. The smallest absolute Gasteiger partial charge is 0.229 e. The number of anilines is 3. The molecule has 2 aromatic rings. The van der Waals surface area contributed by atoms with E-state index in [1.165, 1.54) is 0 Å². The maximum atomic E-state index is 14.8. The minimum Gasteiger partial charge on any atom is -0.489 e. The van der Waals surface area contributed by atoms with Crippen molar-refractivity contribution in [3.05, 3.63) is 35.2 Å². The van der Waals surface area contributed by atoms with Gasteiger partial charge in [-0.2, -0.15) is 4.98 Å². The summed E-state index contributed by atoms with van der Waals surface area (Å²) < 4.78 is 45.1. The highest BCUT2D eigenvalue weighted by atomic mass is 35.5. The molecular formula is C28H42ClFN6O. The summed E-state index contributed by atoms with van der Waals surface area (Å²) in [6, 6.07) is 5.76. The van der Waals surface area contributed by atoms with Crippen molar-refractivity contribution in [1.29, 1.82) is 0 Å². The van der Waals surface area contributed by atoms with Crippen LogP contribution in [0.4, 0.5) is 21.8 Å². The van der Waals surface area contributed by atoms with E-state index in [2.05, 4.69) is 39.3 Å². The quantitative estimate of drug-likeness (QED) is 0.429. The molecule has 0 unspecified atom stereocenters. The van der Waals surface area contributed by atoms with Gasteiger partial charge in [0.05, 0.1) is 11.2 Å². The zero-order valence-electron chi connectivity index (χ0n) is 25.7. The van der Waals surface area contributed by atoms with Crippen molar-refractivity contribution in [2.45, 2.75) is 96.5 Å². The van der Waals surface area contributed by atoms with Crippen LogP contribution in [0.3, 0.4) is 0 Å². The number of halogens is 2. The van der Waals surface area contributed by atoms with Crippen LogP contribution in [0.2, 0.25) is 5.02 Å². The molecule has 0 amide bonds. The van der Waals surface area contributed by atoms with E-state index in [-0.39, 0.29) is 23.9 Å². The molecule has 0 radical (unpaired) electrons. The number of piperidine rings is 2. The lowest BCUT2D eigenvalue weighted by Crippen LogP contribution is -2.61. The van der Waals surface area contributed by atoms with E-state index in [0.717, 1.165) is 32.1 Å². The monoisotopic (exact) mass is 535 g/mol. The molecule has 1 aromatic carbocycles. The van der Waals surface area contributed by atoms with Crippen molar-refractivity contribution in [2.24, 2.45) is 0 Å². The fraction of sp³-hybridized carbons (Fsp3) is 0.643. The highest BCUT2D eigenvalue weighted by molar-refractivity contribution is 6.32. The van der Waals surface area contributed by atoms with Gasteiger partial charge in [-0.1, -0.05) is 11.6 Å². The van der Waals surface area contributed by atoms with Gasteiger partial charge >= 0.3 is 0 Å². The fourth-order valence-electron chi connectivity index (χ4n) is 5.60. The van der Waals surface area contributed by atoms with Gasteiger partial charge in [0.15, 0.2) is 11.6 Å². The summed E-state index contributed by atoms with van der Waals surface area (Å²) in [4.78, 5) is 12.5. The van der Waals surface area contributed by atoms with Gasteiger partial charge in [-0.05, 0) is 92.4 Å². The molecular weight excluding hydrogens is 491 g/mol. The number of ether oxygens (including phenoxy) is 1.